The summed E-state index contributed by atoms with van der Waals surface area (Å²) < 4.78 is 28.1. The molecule has 1 unspecified atom stereocenters. The first kappa shape index (κ1) is 13.6. The first-order valence-corrected chi connectivity index (χ1v) is 7.02. The summed E-state index contributed by atoms with van der Waals surface area (Å²) in [7, 11) is 1.73. The Morgan fingerprint density at radius 1 is 1.33 bits per heavy atom. The minimum atomic E-state index is -0.819. The summed E-state index contributed by atoms with van der Waals surface area (Å²) in [5.74, 6) is -1.61. The first-order valence-electron chi connectivity index (χ1n) is 5.41. The molecule has 96 valence electrons. The van der Waals surface area contributed by atoms with E-state index in [9.17, 15) is 8.78 Å². The number of nitrogens with one attached hydrogen (secondary N) is 1. The molecule has 0 amide bonds. The zero-order valence-electron chi connectivity index (χ0n) is 9.93. The highest BCUT2D eigenvalue weighted by Crippen LogP contribution is 2.35. The minimum Gasteiger partial charge on any atom is -0.309 e. The maximum absolute atomic E-state index is 13.8. The van der Waals surface area contributed by atoms with Gasteiger partial charge in [-0.1, -0.05) is 12.1 Å². The number of hydrogen-bond donors (Lipinski definition) is 1. The molecule has 1 N–H and O–H groups in total. The Bertz CT molecular complexity index is 549. The van der Waals surface area contributed by atoms with E-state index in [0.29, 0.717) is 5.56 Å². The molecular weight excluding hydrogens is 320 g/mol. The van der Waals surface area contributed by atoms with E-state index in [2.05, 4.69) is 21.2 Å². The molecule has 0 spiro atoms. The number of halogens is 3. The minimum absolute atomic E-state index is 0.325. The molecule has 2 rings (SSSR count). The Kier molecular flexibility index (Phi) is 4.14. The fourth-order valence-corrected chi connectivity index (χ4v) is 3.52. The Hall–Kier alpha value is -0.780. The van der Waals surface area contributed by atoms with Crippen LogP contribution in [0.3, 0.4) is 0 Å². The number of rotatable bonds is 3. The highest BCUT2D eigenvalue weighted by atomic mass is 79.9. The van der Waals surface area contributed by atoms with Crippen molar-refractivity contribution in [3.63, 3.8) is 0 Å². The van der Waals surface area contributed by atoms with E-state index in [-0.39, 0.29) is 6.04 Å². The van der Waals surface area contributed by atoms with Crippen molar-refractivity contribution in [1.29, 1.82) is 0 Å². The smallest absolute Gasteiger partial charge is 0.163 e. The van der Waals surface area contributed by atoms with Crippen molar-refractivity contribution in [3.8, 4) is 0 Å². The number of benzene rings is 1. The Morgan fingerprint density at radius 3 is 2.61 bits per heavy atom. The summed E-state index contributed by atoms with van der Waals surface area (Å²) >= 11 is 4.96. The summed E-state index contributed by atoms with van der Waals surface area (Å²) in [6.45, 7) is 1.97. The van der Waals surface area contributed by atoms with Crippen LogP contribution in [0.2, 0.25) is 0 Å². The SMILES string of the molecule is CNC(c1cc(C)c(Br)s1)c1cccc(F)c1F. The summed E-state index contributed by atoms with van der Waals surface area (Å²) in [4.78, 5) is 0.950. The molecule has 0 aliphatic rings. The average molecular weight is 332 g/mol. The van der Waals surface area contributed by atoms with Crippen molar-refractivity contribution < 1.29 is 8.78 Å². The normalized spacial score (nSPS) is 12.7. The van der Waals surface area contributed by atoms with Crippen molar-refractivity contribution in [2.75, 3.05) is 7.05 Å². The molecule has 0 saturated carbocycles. The van der Waals surface area contributed by atoms with Crippen LogP contribution in [-0.2, 0) is 0 Å². The largest absolute Gasteiger partial charge is 0.309 e. The van der Waals surface area contributed by atoms with E-state index in [1.165, 1.54) is 17.4 Å². The summed E-state index contributed by atoms with van der Waals surface area (Å²) in [6, 6.07) is 5.88. The third kappa shape index (κ3) is 2.48. The van der Waals surface area contributed by atoms with Gasteiger partial charge in [0.05, 0.1) is 9.83 Å². The third-order valence-electron chi connectivity index (χ3n) is 2.74. The number of thiophene rings is 1. The topological polar surface area (TPSA) is 12.0 Å². The molecule has 0 saturated heterocycles. The van der Waals surface area contributed by atoms with Crippen LogP contribution in [0.1, 0.15) is 22.0 Å². The van der Waals surface area contributed by atoms with Crippen LogP contribution in [-0.4, -0.2) is 7.05 Å². The molecule has 1 heterocycles. The van der Waals surface area contributed by atoms with Gasteiger partial charge in [-0.3, -0.25) is 0 Å². The fraction of sp³-hybridized carbons (Fsp3) is 0.231. The van der Waals surface area contributed by atoms with Crippen molar-refractivity contribution in [2.45, 2.75) is 13.0 Å². The van der Waals surface area contributed by atoms with Crippen LogP contribution >= 0.6 is 27.3 Å². The first-order chi connectivity index (χ1) is 8.54. The van der Waals surface area contributed by atoms with Crippen molar-refractivity contribution in [3.05, 3.63) is 55.7 Å². The molecule has 1 nitrogen and oxygen atoms in total. The van der Waals surface area contributed by atoms with E-state index in [0.717, 1.165) is 20.3 Å². The van der Waals surface area contributed by atoms with E-state index < -0.39 is 11.6 Å². The maximum atomic E-state index is 13.8. The number of aryl methyl sites for hydroxylation is 1. The second-order valence-corrected chi connectivity index (χ2v) is 6.37. The summed E-state index contributed by atoms with van der Waals surface area (Å²) in [5.41, 5.74) is 1.42. The monoisotopic (exact) mass is 331 g/mol. The Labute approximate surface area is 117 Å². The quantitative estimate of drug-likeness (QED) is 0.878. The molecule has 1 aromatic heterocycles. The lowest BCUT2D eigenvalue weighted by Crippen LogP contribution is -2.18. The lowest BCUT2D eigenvalue weighted by molar-refractivity contribution is 0.488. The van der Waals surface area contributed by atoms with Crippen LogP contribution < -0.4 is 5.32 Å². The van der Waals surface area contributed by atoms with Gasteiger partial charge in [-0.15, -0.1) is 11.3 Å². The van der Waals surface area contributed by atoms with E-state index in [1.54, 1.807) is 13.1 Å². The molecule has 0 fully saturated rings. The summed E-state index contributed by atoms with van der Waals surface area (Å²) in [5, 5.41) is 3.03. The van der Waals surface area contributed by atoms with Gasteiger partial charge in [0.25, 0.3) is 0 Å². The molecule has 5 heteroatoms. The van der Waals surface area contributed by atoms with E-state index >= 15 is 0 Å². The number of hydrogen-bond acceptors (Lipinski definition) is 2. The molecule has 0 bridgehead atoms. The second kappa shape index (κ2) is 5.47. The molecule has 1 aromatic carbocycles. The van der Waals surface area contributed by atoms with Crippen LogP contribution in [0.15, 0.2) is 28.1 Å². The van der Waals surface area contributed by atoms with Crippen LogP contribution in [0.4, 0.5) is 8.78 Å². The van der Waals surface area contributed by atoms with Crippen LogP contribution in [0.5, 0.6) is 0 Å². The molecule has 18 heavy (non-hydrogen) atoms. The van der Waals surface area contributed by atoms with Crippen molar-refractivity contribution in [1.82, 2.24) is 5.32 Å². The van der Waals surface area contributed by atoms with Gasteiger partial charge in [0, 0.05) is 10.4 Å². The van der Waals surface area contributed by atoms with Gasteiger partial charge in [0.1, 0.15) is 0 Å². The van der Waals surface area contributed by atoms with Gasteiger partial charge in [-0.05, 0) is 47.6 Å². The predicted molar refractivity (Wildman–Crippen MR) is 74.0 cm³/mol. The lowest BCUT2D eigenvalue weighted by Gasteiger charge is -2.16. The van der Waals surface area contributed by atoms with E-state index in [4.69, 9.17) is 0 Å². The van der Waals surface area contributed by atoms with Crippen LogP contribution in [0.25, 0.3) is 0 Å². The Morgan fingerprint density at radius 2 is 2.06 bits per heavy atom. The average Bonchev–Trinajstić information content (AvgIpc) is 2.66. The molecule has 0 aliphatic heterocycles. The molecule has 1 atom stereocenters. The highest BCUT2D eigenvalue weighted by Gasteiger charge is 2.20. The third-order valence-corrected chi connectivity index (χ3v) is 4.94. The molecule has 2 aromatic rings. The predicted octanol–water partition coefficient (Wildman–Crippen LogP) is 4.41. The van der Waals surface area contributed by atoms with Gasteiger partial charge in [-0.25, -0.2) is 8.78 Å². The highest BCUT2D eigenvalue weighted by molar-refractivity contribution is 9.11. The Balaban J connectivity index is 2.48. The summed E-state index contributed by atoms with van der Waals surface area (Å²) in [6.07, 6.45) is 0. The van der Waals surface area contributed by atoms with Crippen LogP contribution in [0, 0.1) is 18.6 Å². The molecular formula is C13H12BrF2NS. The zero-order valence-corrected chi connectivity index (χ0v) is 12.3. The lowest BCUT2D eigenvalue weighted by atomic mass is 10.0. The van der Waals surface area contributed by atoms with Crippen molar-refractivity contribution >= 4 is 27.3 Å². The molecule has 0 radical (unpaired) electrons. The maximum Gasteiger partial charge on any atom is 0.163 e. The zero-order chi connectivity index (χ0) is 13.3. The van der Waals surface area contributed by atoms with Gasteiger partial charge in [-0.2, -0.15) is 0 Å². The van der Waals surface area contributed by atoms with Crippen molar-refractivity contribution in [2.24, 2.45) is 0 Å². The van der Waals surface area contributed by atoms with E-state index in [1.807, 2.05) is 13.0 Å². The second-order valence-electron chi connectivity index (χ2n) is 3.97. The van der Waals surface area contributed by atoms with Gasteiger partial charge < -0.3 is 5.32 Å². The van der Waals surface area contributed by atoms with Gasteiger partial charge >= 0.3 is 0 Å². The van der Waals surface area contributed by atoms with Gasteiger partial charge in [0.2, 0.25) is 0 Å². The molecule has 0 aliphatic carbocycles. The fourth-order valence-electron chi connectivity index (χ4n) is 1.82. The van der Waals surface area contributed by atoms with Gasteiger partial charge in [0.15, 0.2) is 11.6 Å². The standard InChI is InChI=1S/C13H12BrF2NS/c1-7-6-10(18-13(7)14)12(17-2)8-4-3-5-9(15)11(8)16/h3-6,12,17H,1-2H3.